The second-order valence-electron chi connectivity index (χ2n) is 4.30. The molecular formula is C10H22N2O2. The van der Waals surface area contributed by atoms with Crippen molar-refractivity contribution < 1.29 is 9.53 Å². The Labute approximate surface area is 86.2 Å². The van der Waals surface area contributed by atoms with Gasteiger partial charge in [0.05, 0.1) is 0 Å². The van der Waals surface area contributed by atoms with Crippen LogP contribution < -0.4 is 11.1 Å². The molecule has 3 N–H and O–H groups in total. The van der Waals surface area contributed by atoms with Crippen LogP contribution in [-0.4, -0.2) is 32.2 Å². The lowest BCUT2D eigenvalue weighted by Gasteiger charge is -2.24. The van der Waals surface area contributed by atoms with Crippen molar-refractivity contribution in [3.05, 3.63) is 0 Å². The molecule has 1 atom stereocenters. The first-order valence-corrected chi connectivity index (χ1v) is 4.93. The van der Waals surface area contributed by atoms with Gasteiger partial charge in [-0.1, -0.05) is 13.8 Å². The highest BCUT2D eigenvalue weighted by Crippen LogP contribution is 2.17. The van der Waals surface area contributed by atoms with Crippen molar-refractivity contribution in [1.29, 1.82) is 0 Å². The normalized spacial score (nSPS) is 13.8. The van der Waals surface area contributed by atoms with Gasteiger partial charge in [-0.2, -0.15) is 0 Å². The third-order valence-corrected chi connectivity index (χ3v) is 2.29. The Morgan fingerprint density at radius 3 is 2.57 bits per heavy atom. The number of ether oxygens (including phenoxy) is 1. The number of nitrogens with one attached hydrogen (secondary N) is 1. The van der Waals surface area contributed by atoms with E-state index in [2.05, 4.69) is 19.2 Å². The average molecular weight is 202 g/mol. The van der Waals surface area contributed by atoms with Gasteiger partial charge >= 0.3 is 0 Å². The molecule has 0 aromatic heterocycles. The van der Waals surface area contributed by atoms with Crippen LogP contribution in [0, 0.1) is 5.41 Å². The van der Waals surface area contributed by atoms with E-state index in [1.165, 1.54) is 7.11 Å². The van der Waals surface area contributed by atoms with E-state index in [1.54, 1.807) is 6.92 Å². The first-order valence-electron chi connectivity index (χ1n) is 4.93. The molecule has 0 fully saturated rings. The number of hydrogen-bond donors (Lipinski definition) is 2. The minimum Gasteiger partial charge on any atom is -0.372 e. The van der Waals surface area contributed by atoms with E-state index in [0.717, 1.165) is 6.42 Å². The Morgan fingerprint density at radius 2 is 2.14 bits per heavy atom. The Balaban J connectivity index is 3.87. The Morgan fingerprint density at radius 1 is 1.57 bits per heavy atom. The molecule has 1 amide bonds. The van der Waals surface area contributed by atoms with Gasteiger partial charge in [0.2, 0.25) is 5.91 Å². The predicted octanol–water partition coefficient (Wildman–Crippen LogP) is 0.513. The third kappa shape index (κ3) is 5.19. The number of carbonyl (C=O) groups is 1. The summed E-state index contributed by atoms with van der Waals surface area (Å²) < 4.78 is 4.90. The second-order valence-corrected chi connectivity index (χ2v) is 4.30. The van der Waals surface area contributed by atoms with Crippen molar-refractivity contribution in [2.24, 2.45) is 11.1 Å². The van der Waals surface area contributed by atoms with Crippen molar-refractivity contribution >= 4 is 5.91 Å². The summed E-state index contributed by atoms with van der Waals surface area (Å²) in [4.78, 5) is 11.4. The SMILES string of the molecule is COC(C)C(=O)NCC(C)(C)CCN. The molecule has 0 aliphatic heterocycles. The first-order chi connectivity index (χ1) is 6.43. The van der Waals surface area contributed by atoms with Crippen LogP contribution in [0.5, 0.6) is 0 Å². The minimum atomic E-state index is -0.385. The summed E-state index contributed by atoms with van der Waals surface area (Å²) in [5.41, 5.74) is 5.52. The van der Waals surface area contributed by atoms with Crippen LogP contribution in [0.3, 0.4) is 0 Å². The number of carbonyl (C=O) groups excluding carboxylic acids is 1. The van der Waals surface area contributed by atoms with Gasteiger partial charge in [0, 0.05) is 13.7 Å². The lowest BCUT2D eigenvalue weighted by atomic mass is 9.89. The van der Waals surface area contributed by atoms with Crippen LogP contribution in [0.2, 0.25) is 0 Å². The topological polar surface area (TPSA) is 64.3 Å². The van der Waals surface area contributed by atoms with E-state index in [9.17, 15) is 4.79 Å². The average Bonchev–Trinajstić information content (AvgIpc) is 2.13. The van der Waals surface area contributed by atoms with E-state index in [-0.39, 0.29) is 17.4 Å². The molecule has 4 nitrogen and oxygen atoms in total. The van der Waals surface area contributed by atoms with E-state index in [4.69, 9.17) is 10.5 Å². The van der Waals surface area contributed by atoms with Crippen molar-refractivity contribution in [3.63, 3.8) is 0 Å². The van der Waals surface area contributed by atoms with Crippen LogP contribution >= 0.6 is 0 Å². The smallest absolute Gasteiger partial charge is 0.248 e. The summed E-state index contributed by atoms with van der Waals surface area (Å²) in [6.45, 7) is 7.17. The summed E-state index contributed by atoms with van der Waals surface area (Å²) in [6.07, 6.45) is 0.512. The lowest BCUT2D eigenvalue weighted by molar-refractivity contribution is -0.130. The van der Waals surface area contributed by atoms with Gasteiger partial charge in [-0.25, -0.2) is 0 Å². The highest BCUT2D eigenvalue weighted by atomic mass is 16.5. The van der Waals surface area contributed by atoms with E-state index >= 15 is 0 Å². The van der Waals surface area contributed by atoms with Gasteiger partial charge in [0.25, 0.3) is 0 Å². The summed E-state index contributed by atoms with van der Waals surface area (Å²) in [5.74, 6) is -0.0717. The van der Waals surface area contributed by atoms with Crippen LogP contribution in [-0.2, 0) is 9.53 Å². The van der Waals surface area contributed by atoms with E-state index in [0.29, 0.717) is 13.1 Å². The second kappa shape index (κ2) is 5.98. The van der Waals surface area contributed by atoms with Crippen LogP contribution in [0.15, 0.2) is 0 Å². The molecule has 0 aliphatic rings. The van der Waals surface area contributed by atoms with Gasteiger partial charge in [0.15, 0.2) is 0 Å². The molecule has 1 unspecified atom stereocenters. The fourth-order valence-electron chi connectivity index (χ4n) is 1.06. The largest absolute Gasteiger partial charge is 0.372 e. The molecule has 0 saturated carbocycles. The third-order valence-electron chi connectivity index (χ3n) is 2.29. The molecule has 4 heteroatoms. The number of rotatable bonds is 6. The highest BCUT2D eigenvalue weighted by Gasteiger charge is 2.19. The number of hydrogen-bond acceptors (Lipinski definition) is 3. The maximum Gasteiger partial charge on any atom is 0.248 e. The van der Waals surface area contributed by atoms with Crippen molar-refractivity contribution in [2.75, 3.05) is 20.2 Å². The molecule has 0 spiro atoms. The first kappa shape index (κ1) is 13.4. The highest BCUT2D eigenvalue weighted by molar-refractivity contribution is 5.80. The van der Waals surface area contributed by atoms with Crippen LogP contribution in [0.25, 0.3) is 0 Å². The standard InChI is InChI=1S/C10H22N2O2/c1-8(14-4)9(13)12-7-10(2,3)5-6-11/h8H,5-7,11H2,1-4H3,(H,12,13). The number of amides is 1. The maximum absolute atomic E-state index is 11.4. The molecule has 0 aromatic carbocycles. The quantitative estimate of drug-likeness (QED) is 0.659. The molecule has 0 saturated heterocycles. The summed E-state index contributed by atoms with van der Waals surface area (Å²) >= 11 is 0. The molecule has 0 rings (SSSR count). The molecule has 0 radical (unpaired) electrons. The predicted molar refractivity (Wildman–Crippen MR) is 56.9 cm³/mol. The van der Waals surface area contributed by atoms with E-state index in [1.807, 2.05) is 0 Å². The van der Waals surface area contributed by atoms with Gasteiger partial charge in [0.1, 0.15) is 6.10 Å². The van der Waals surface area contributed by atoms with Gasteiger partial charge in [-0.05, 0) is 25.3 Å². The van der Waals surface area contributed by atoms with Gasteiger partial charge in [-0.3, -0.25) is 4.79 Å². The zero-order valence-electron chi connectivity index (χ0n) is 9.59. The number of nitrogens with two attached hydrogens (primary N) is 1. The molecule has 0 aliphatic carbocycles. The summed E-state index contributed by atoms with van der Waals surface area (Å²) in [5, 5.41) is 2.84. The van der Waals surface area contributed by atoms with E-state index < -0.39 is 0 Å². The minimum absolute atomic E-state index is 0.0534. The monoisotopic (exact) mass is 202 g/mol. The molecular weight excluding hydrogens is 180 g/mol. The fraction of sp³-hybridized carbons (Fsp3) is 0.900. The van der Waals surface area contributed by atoms with Crippen LogP contribution in [0.1, 0.15) is 27.2 Å². The zero-order valence-corrected chi connectivity index (χ0v) is 9.59. The molecule has 84 valence electrons. The van der Waals surface area contributed by atoms with Crippen molar-refractivity contribution in [3.8, 4) is 0 Å². The molecule has 14 heavy (non-hydrogen) atoms. The fourth-order valence-corrected chi connectivity index (χ4v) is 1.06. The van der Waals surface area contributed by atoms with Crippen molar-refractivity contribution in [1.82, 2.24) is 5.32 Å². The molecule has 0 heterocycles. The molecule has 0 aromatic rings. The van der Waals surface area contributed by atoms with Gasteiger partial charge in [-0.15, -0.1) is 0 Å². The summed E-state index contributed by atoms with van der Waals surface area (Å²) in [6, 6.07) is 0. The Bertz CT molecular complexity index is 181. The lowest BCUT2D eigenvalue weighted by Crippen LogP contribution is -2.40. The maximum atomic E-state index is 11.4. The van der Waals surface area contributed by atoms with Gasteiger partial charge < -0.3 is 15.8 Å². The Kier molecular flexibility index (Phi) is 5.72. The summed E-state index contributed by atoms with van der Waals surface area (Å²) in [7, 11) is 1.52. The zero-order chi connectivity index (χ0) is 11.2. The Hall–Kier alpha value is -0.610. The van der Waals surface area contributed by atoms with Crippen molar-refractivity contribution in [2.45, 2.75) is 33.3 Å². The molecule has 0 bridgehead atoms. The van der Waals surface area contributed by atoms with Crippen LogP contribution in [0.4, 0.5) is 0 Å². The number of methoxy groups -OCH3 is 1.